The molecular weight excluding hydrogens is 184 g/mol. The van der Waals surface area contributed by atoms with Crippen molar-refractivity contribution in [1.82, 2.24) is 0 Å². The van der Waals surface area contributed by atoms with Crippen LogP contribution < -0.4 is 0 Å². The molecule has 0 bridgehead atoms. The monoisotopic (exact) mass is 202 g/mol. The Morgan fingerprint density at radius 3 is 2.31 bits per heavy atom. The van der Waals surface area contributed by atoms with Crippen LogP contribution in [0.3, 0.4) is 0 Å². The van der Waals surface area contributed by atoms with Crippen LogP contribution in [0.5, 0.6) is 0 Å². The topological polar surface area (TPSA) is 27.7 Å². The standard InChI is InChI=1S/C9H18O3Si/c1-5-13(10-4)11-6-9(7-12-13)8(2)3/h5,8-9H,1,6-7H2,2-4H3. The maximum Gasteiger partial charge on any atom is 0.528 e. The molecule has 76 valence electrons. The lowest BCUT2D eigenvalue weighted by atomic mass is 9.98. The van der Waals surface area contributed by atoms with Crippen LogP contribution in [0.2, 0.25) is 0 Å². The minimum atomic E-state index is -2.45. The SMILES string of the molecule is C=C[Si]1(OC)OCC(C(C)C)CO1. The van der Waals surface area contributed by atoms with Crippen LogP contribution in [-0.2, 0) is 13.3 Å². The lowest BCUT2D eigenvalue weighted by Crippen LogP contribution is -2.50. The molecule has 0 aliphatic carbocycles. The van der Waals surface area contributed by atoms with Crippen LogP contribution in [0.1, 0.15) is 13.8 Å². The number of hydrogen-bond acceptors (Lipinski definition) is 3. The van der Waals surface area contributed by atoms with Crippen molar-refractivity contribution in [3.8, 4) is 0 Å². The van der Waals surface area contributed by atoms with Crippen molar-refractivity contribution in [2.75, 3.05) is 20.3 Å². The first-order chi connectivity index (χ1) is 6.13. The van der Waals surface area contributed by atoms with E-state index in [1.807, 2.05) is 0 Å². The molecule has 1 heterocycles. The zero-order valence-corrected chi connectivity index (χ0v) is 9.58. The number of hydrogen-bond donors (Lipinski definition) is 0. The van der Waals surface area contributed by atoms with Crippen molar-refractivity contribution in [2.45, 2.75) is 13.8 Å². The summed E-state index contributed by atoms with van der Waals surface area (Å²) in [5, 5.41) is 0. The van der Waals surface area contributed by atoms with Gasteiger partial charge in [-0.05, 0) is 11.6 Å². The zero-order valence-electron chi connectivity index (χ0n) is 8.58. The van der Waals surface area contributed by atoms with Crippen LogP contribution in [0.15, 0.2) is 12.3 Å². The molecule has 1 saturated heterocycles. The fraction of sp³-hybridized carbons (Fsp3) is 0.778. The molecule has 0 amide bonds. The lowest BCUT2D eigenvalue weighted by molar-refractivity contribution is -0.00367. The third-order valence-electron chi connectivity index (χ3n) is 2.47. The highest BCUT2D eigenvalue weighted by atomic mass is 28.4. The largest absolute Gasteiger partial charge is 0.528 e. The minimum absolute atomic E-state index is 0.482. The Kier molecular flexibility index (Phi) is 3.67. The van der Waals surface area contributed by atoms with E-state index >= 15 is 0 Å². The van der Waals surface area contributed by atoms with E-state index in [9.17, 15) is 0 Å². The predicted molar refractivity (Wildman–Crippen MR) is 53.2 cm³/mol. The van der Waals surface area contributed by atoms with E-state index in [2.05, 4.69) is 20.4 Å². The van der Waals surface area contributed by atoms with Gasteiger partial charge in [-0.1, -0.05) is 20.4 Å². The summed E-state index contributed by atoms with van der Waals surface area (Å²) in [5.41, 5.74) is 1.68. The Balaban J connectivity index is 2.50. The molecule has 1 fully saturated rings. The summed E-state index contributed by atoms with van der Waals surface area (Å²) in [4.78, 5) is 0. The third kappa shape index (κ3) is 2.40. The fourth-order valence-corrected chi connectivity index (χ4v) is 2.85. The quantitative estimate of drug-likeness (QED) is 0.651. The molecule has 1 rings (SSSR count). The van der Waals surface area contributed by atoms with Crippen molar-refractivity contribution < 1.29 is 13.3 Å². The van der Waals surface area contributed by atoms with E-state index in [0.717, 1.165) is 13.2 Å². The first-order valence-electron chi connectivity index (χ1n) is 4.60. The minimum Gasteiger partial charge on any atom is -0.374 e. The lowest BCUT2D eigenvalue weighted by Gasteiger charge is -2.35. The van der Waals surface area contributed by atoms with E-state index in [1.165, 1.54) is 0 Å². The van der Waals surface area contributed by atoms with Gasteiger partial charge in [0.1, 0.15) is 0 Å². The molecule has 0 aromatic carbocycles. The Morgan fingerprint density at radius 2 is 2.00 bits per heavy atom. The van der Waals surface area contributed by atoms with Crippen LogP contribution in [0.25, 0.3) is 0 Å². The van der Waals surface area contributed by atoms with Gasteiger partial charge in [-0.25, -0.2) is 0 Å². The van der Waals surface area contributed by atoms with E-state index in [1.54, 1.807) is 12.8 Å². The average molecular weight is 202 g/mol. The molecule has 3 nitrogen and oxygen atoms in total. The molecular formula is C9H18O3Si. The second kappa shape index (κ2) is 4.37. The third-order valence-corrected chi connectivity index (χ3v) is 4.68. The first kappa shape index (κ1) is 10.9. The van der Waals surface area contributed by atoms with E-state index in [-0.39, 0.29) is 0 Å². The molecule has 0 N–H and O–H groups in total. The Morgan fingerprint density at radius 1 is 1.46 bits per heavy atom. The fourth-order valence-electron chi connectivity index (χ4n) is 1.24. The Hall–Kier alpha value is -0.163. The highest BCUT2D eigenvalue weighted by Crippen LogP contribution is 2.23. The second-order valence-corrected chi connectivity index (χ2v) is 6.24. The summed E-state index contributed by atoms with van der Waals surface area (Å²) in [6.07, 6.45) is 0. The zero-order chi connectivity index (χ0) is 9.90. The van der Waals surface area contributed by atoms with Gasteiger partial charge in [0.15, 0.2) is 0 Å². The molecule has 0 unspecified atom stereocenters. The van der Waals surface area contributed by atoms with Gasteiger partial charge < -0.3 is 13.3 Å². The van der Waals surface area contributed by atoms with Crippen LogP contribution >= 0.6 is 0 Å². The van der Waals surface area contributed by atoms with Crippen molar-refractivity contribution in [3.05, 3.63) is 12.3 Å². The molecule has 13 heavy (non-hydrogen) atoms. The second-order valence-electron chi connectivity index (χ2n) is 3.64. The summed E-state index contributed by atoms with van der Waals surface area (Å²) >= 11 is 0. The molecule has 0 spiro atoms. The average Bonchev–Trinajstić information content (AvgIpc) is 2.18. The summed E-state index contributed by atoms with van der Waals surface area (Å²) < 4.78 is 16.5. The Bertz CT molecular complexity index is 174. The molecule has 0 atom stereocenters. The van der Waals surface area contributed by atoms with Gasteiger partial charge in [0.05, 0.1) is 0 Å². The summed E-state index contributed by atoms with van der Waals surface area (Å²) in [7, 11) is -0.840. The van der Waals surface area contributed by atoms with Crippen molar-refractivity contribution in [3.63, 3.8) is 0 Å². The maximum absolute atomic E-state index is 5.61. The van der Waals surface area contributed by atoms with Gasteiger partial charge in [-0.2, -0.15) is 0 Å². The molecule has 0 radical (unpaired) electrons. The molecule has 0 aromatic heterocycles. The van der Waals surface area contributed by atoms with Crippen molar-refractivity contribution in [2.24, 2.45) is 11.8 Å². The van der Waals surface area contributed by atoms with Gasteiger partial charge in [-0.15, -0.1) is 0 Å². The van der Waals surface area contributed by atoms with E-state index in [0.29, 0.717) is 11.8 Å². The van der Waals surface area contributed by atoms with Gasteiger partial charge in [-0.3, -0.25) is 0 Å². The van der Waals surface area contributed by atoms with Gasteiger partial charge in [0, 0.05) is 26.2 Å². The van der Waals surface area contributed by atoms with E-state index in [4.69, 9.17) is 13.3 Å². The first-order valence-corrected chi connectivity index (χ1v) is 6.40. The maximum atomic E-state index is 5.61. The molecule has 4 heteroatoms. The highest BCUT2D eigenvalue weighted by molar-refractivity contribution is 6.66. The highest BCUT2D eigenvalue weighted by Gasteiger charge is 2.42. The predicted octanol–water partition coefficient (Wildman–Crippen LogP) is 1.62. The summed E-state index contributed by atoms with van der Waals surface area (Å²) in [6.45, 7) is 9.48. The van der Waals surface area contributed by atoms with Crippen LogP contribution in [-0.4, -0.2) is 29.1 Å². The van der Waals surface area contributed by atoms with Gasteiger partial charge in [0.2, 0.25) is 0 Å². The normalized spacial score (nSPS) is 34.9. The summed E-state index contributed by atoms with van der Waals surface area (Å²) in [5.74, 6) is 1.07. The number of rotatable bonds is 3. The van der Waals surface area contributed by atoms with Crippen molar-refractivity contribution >= 4 is 8.80 Å². The van der Waals surface area contributed by atoms with Crippen molar-refractivity contribution in [1.29, 1.82) is 0 Å². The van der Waals surface area contributed by atoms with E-state index < -0.39 is 8.80 Å². The molecule has 1 aliphatic rings. The van der Waals surface area contributed by atoms with Gasteiger partial charge >= 0.3 is 8.80 Å². The van der Waals surface area contributed by atoms with Crippen LogP contribution in [0.4, 0.5) is 0 Å². The molecule has 0 aromatic rings. The Labute approximate surface area is 81.1 Å². The molecule has 0 saturated carbocycles. The summed E-state index contributed by atoms with van der Waals surface area (Å²) in [6, 6.07) is 0. The van der Waals surface area contributed by atoms with Crippen LogP contribution in [0, 0.1) is 11.8 Å². The van der Waals surface area contributed by atoms with Gasteiger partial charge in [0.25, 0.3) is 0 Å². The molecule has 1 aliphatic heterocycles. The smallest absolute Gasteiger partial charge is 0.374 e.